The van der Waals surface area contributed by atoms with Crippen LogP contribution in [0.3, 0.4) is 0 Å². The second-order valence-corrected chi connectivity index (χ2v) is 7.73. The quantitative estimate of drug-likeness (QED) is 0.474. The van der Waals surface area contributed by atoms with Gasteiger partial charge in [-0.25, -0.2) is 0 Å². The van der Waals surface area contributed by atoms with Gasteiger partial charge < -0.3 is 5.32 Å². The molecule has 0 aromatic heterocycles. The first-order valence-electron chi connectivity index (χ1n) is 9.24. The first-order valence-corrected chi connectivity index (χ1v) is 10.2. The number of halogens is 4. The smallest absolute Gasteiger partial charge is 0.356 e. The summed E-state index contributed by atoms with van der Waals surface area (Å²) in [6.07, 6.45) is -4.36. The minimum atomic E-state index is -4.36. The summed E-state index contributed by atoms with van der Waals surface area (Å²) in [7, 11) is 0. The topological polar surface area (TPSA) is 24.4 Å². The Morgan fingerprint density at radius 3 is 2.00 bits per heavy atom. The molecule has 1 N–H and O–H groups in total. The molecule has 0 amide bonds. The maximum Gasteiger partial charge on any atom is 0.416 e. The number of rotatable bonds is 4. The van der Waals surface area contributed by atoms with Gasteiger partial charge in [0.05, 0.1) is 11.6 Å². The van der Waals surface area contributed by atoms with Crippen molar-refractivity contribution in [3.63, 3.8) is 0 Å². The fourth-order valence-electron chi connectivity index (χ4n) is 3.44. The summed E-state index contributed by atoms with van der Waals surface area (Å²) >= 11 is 1.30. The molecule has 30 heavy (non-hydrogen) atoms. The minimum absolute atomic E-state index is 0. The van der Waals surface area contributed by atoms with Gasteiger partial charge in [0, 0.05) is 5.75 Å². The van der Waals surface area contributed by atoms with Gasteiger partial charge in [0.15, 0.2) is 5.17 Å². The van der Waals surface area contributed by atoms with Crippen LogP contribution in [0.1, 0.15) is 34.3 Å². The van der Waals surface area contributed by atoms with Crippen molar-refractivity contribution in [2.45, 2.75) is 24.0 Å². The van der Waals surface area contributed by atoms with Crippen LogP contribution in [0.15, 0.2) is 89.9 Å². The maximum absolute atomic E-state index is 13.3. The maximum atomic E-state index is 13.3. The highest BCUT2D eigenvalue weighted by Crippen LogP contribution is 2.39. The molecule has 0 aliphatic carbocycles. The fourth-order valence-corrected chi connectivity index (χ4v) is 4.38. The summed E-state index contributed by atoms with van der Waals surface area (Å²) in [4.78, 5) is 4.81. The molecule has 1 aliphatic heterocycles. The van der Waals surface area contributed by atoms with E-state index in [2.05, 4.69) is 5.32 Å². The zero-order valence-electron chi connectivity index (χ0n) is 15.8. The third-order valence-electron chi connectivity index (χ3n) is 4.84. The van der Waals surface area contributed by atoms with Crippen molar-refractivity contribution in [1.29, 1.82) is 0 Å². The van der Waals surface area contributed by atoms with Crippen molar-refractivity contribution in [2.24, 2.45) is 4.99 Å². The number of benzene rings is 3. The number of thioether (sulfide) groups is 1. The Kier molecular flexibility index (Phi) is 7.10. The summed E-state index contributed by atoms with van der Waals surface area (Å²) in [6, 6.07) is 25.4. The van der Waals surface area contributed by atoms with Gasteiger partial charge >= 0.3 is 6.18 Å². The SMILES string of the molecule is Cl.FC(F)(F)c1ccccc1CSC1=N[C@H](c2ccccc2)[C@H](c2ccccc2)N1. The van der Waals surface area contributed by atoms with Crippen molar-refractivity contribution < 1.29 is 13.2 Å². The Morgan fingerprint density at radius 1 is 0.800 bits per heavy atom. The van der Waals surface area contributed by atoms with Gasteiger partial charge in [-0.2, -0.15) is 13.2 Å². The van der Waals surface area contributed by atoms with E-state index in [0.29, 0.717) is 5.17 Å². The van der Waals surface area contributed by atoms with Gasteiger partial charge in [0.1, 0.15) is 6.04 Å². The summed E-state index contributed by atoms with van der Waals surface area (Å²) in [5.41, 5.74) is 1.83. The van der Waals surface area contributed by atoms with Crippen LogP contribution in [0.5, 0.6) is 0 Å². The van der Waals surface area contributed by atoms with E-state index < -0.39 is 11.7 Å². The second kappa shape index (κ2) is 9.58. The number of hydrogen-bond donors (Lipinski definition) is 1. The molecule has 1 aliphatic rings. The van der Waals surface area contributed by atoms with Crippen LogP contribution in [0.25, 0.3) is 0 Å². The van der Waals surface area contributed by atoms with Crippen LogP contribution in [-0.4, -0.2) is 5.17 Å². The first-order chi connectivity index (χ1) is 14.0. The molecule has 2 atom stereocenters. The normalized spacial score (nSPS) is 18.3. The van der Waals surface area contributed by atoms with Gasteiger partial charge in [-0.3, -0.25) is 4.99 Å². The summed E-state index contributed by atoms with van der Waals surface area (Å²) in [5, 5.41) is 4.07. The average Bonchev–Trinajstić information content (AvgIpc) is 3.17. The average molecular weight is 449 g/mol. The molecular formula is C23H20ClF3N2S. The molecule has 4 rings (SSSR count). The molecule has 7 heteroatoms. The highest BCUT2D eigenvalue weighted by molar-refractivity contribution is 8.13. The molecule has 0 unspecified atom stereocenters. The number of nitrogens with zero attached hydrogens (tertiary/aromatic N) is 1. The largest absolute Gasteiger partial charge is 0.416 e. The second-order valence-electron chi connectivity index (χ2n) is 6.77. The summed E-state index contributed by atoms with van der Waals surface area (Å²) in [5.74, 6) is 0.199. The van der Waals surface area contributed by atoms with Gasteiger partial charge in [-0.15, -0.1) is 12.4 Å². The first kappa shape index (κ1) is 22.2. The van der Waals surface area contributed by atoms with E-state index in [4.69, 9.17) is 4.99 Å². The Bertz CT molecular complexity index is 994. The number of alkyl halides is 3. The fraction of sp³-hybridized carbons (Fsp3) is 0.174. The van der Waals surface area contributed by atoms with E-state index in [1.54, 1.807) is 6.07 Å². The molecule has 156 valence electrons. The van der Waals surface area contributed by atoms with E-state index >= 15 is 0 Å². The van der Waals surface area contributed by atoms with Gasteiger partial charge in [-0.1, -0.05) is 90.6 Å². The molecule has 3 aromatic rings. The summed E-state index contributed by atoms with van der Waals surface area (Å²) in [6.45, 7) is 0. The van der Waals surface area contributed by atoms with Gasteiger partial charge in [-0.05, 0) is 22.8 Å². The molecular weight excluding hydrogens is 429 g/mol. The van der Waals surface area contributed by atoms with Crippen molar-refractivity contribution in [2.75, 3.05) is 0 Å². The van der Waals surface area contributed by atoms with Crippen LogP contribution in [0.4, 0.5) is 13.2 Å². The van der Waals surface area contributed by atoms with Crippen LogP contribution in [-0.2, 0) is 11.9 Å². The Labute approximate surface area is 184 Å². The molecule has 0 radical (unpaired) electrons. The molecule has 1 heterocycles. The highest BCUT2D eigenvalue weighted by Gasteiger charge is 2.34. The minimum Gasteiger partial charge on any atom is -0.356 e. The van der Waals surface area contributed by atoms with E-state index in [1.165, 1.54) is 23.9 Å². The number of hydrogen-bond acceptors (Lipinski definition) is 3. The lowest BCUT2D eigenvalue weighted by atomic mass is 9.95. The standard InChI is InChI=1S/C23H19F3N2S.ClH/c24-23(25,26)19-14-8-7-13-18(19)15-29-22-27-20(16-9-3-1-4-10-16)21(28-22)17-11-5-2-6-12-17;/h1-14,20-21H,15H2,(H,27,28);1H/t20-,21+;. The molecule has 3 aromatic carbocycles. The van der Waals surface area contributed by atoms with E-state index in [0.717, 1.165) is 17.2 Å². The lowest BCUT2D eigenvalue weighted by Gasteiger charge is -2.19. The van der Waals surface area contributed by atoms with Gasteiger partial charge in [0.2, 0.25) is 0 Å². The molecule has 0 fully saturated rings. The third kappa shape index (κ3) is 4.99. The predicted molar refractivity (Wildman–Crippen MR) is 119 cm³/mol. The Hall–Kier alpha value is -2.44. The van der Waals surface area contributed by atoms with E-state index in [-0.39, 0.29) is 35.8 Å². The molecule has 0 saturated heterocycles. The van der Waals surface area contributed by atoms with Crippen molar-refractivity contribution in [3.05, 3.63) is 107 Å². The van der Waals surface area contributed by atoms with Gasteiger partial charge in [0.25, 0.3) is 0 Å². The monoisotopic (exact) mass is 448 g/mol. The Morgan fingerprint density at radius 2 is 1.37 bits per heavy atom. The van der Waals surface area contributed by atoms with Crippen LogP contribution in [0.2, 0.25) is 0 Å². The zero-order chi connectivity index (χ0) is 20.3. The van der Waals surface area contributed by atoms with Crippen molar-refractivity contribution in [1.82, 2.24) is 5.32 Å². The Balaban J connectivity index is 0.00000256. The molecule has 2 nitrogen and oxygen atoms in total. The predicted octanol–water partition coefficient (Wildman–Crippen LogP) is 6.80. The molecule has 0 spiro atoms. The zero-order valence-corrected chi connectivity index (χ0v) is 17.5. The molecule has 0 saturated carbocycles. The third-order valence-corrected chi connectivity index (χ3v) is 5.79. The van der Waals surface area contributed by atoms with E-state index in [1.807, 2.05) is 60.7 Å². The van der Waals surface area contributed by atoms with Crippen molar-refractivity contribution >= 4 is 29.3 Å². The van der Waals surface area contributed by atoms with Crippen LogP contribution in [0, 0.1) is 0 Å². The summed E-state index contributed by atoms with van der Waals surface area (Å²) < 4.78 is 39.8. The number of amidine groups is 1. The van der Waals surface area contributed by atoms with Crippen molar-refractivity contribution in [3.8, 4) is 0 Å². The number of nitrogens with one attached hydrogen (secondary N) is 1. The van der Waals surface area contributed by atoms with Crippen LogP contribution < -0.4 is 5.32 Å². The molecule has 0 bridgehead atoms. The number of aliphatic imine (C=N–C) groups is 1. The lowest BCUT2D eigenvalue weighted by Crippen LogP contribution is -2.22. The highest BCUT2D eigenvalue weighted by atomic mass is 35.5. The van der Waals surface area contributed by atoms with E-state index in [9.17, 15) is 13.2 Å². The lowest BCUT2D eigenvalue weighted by molar-refractivity contribution is -0.138. The van der Waals surface area contributed by atoms with Crippen LogP contribution >= 0.6 is 24.2 Å².